The van der Waals surface area contributed by atoms with Gasteiger partial charge in [-0.15, -0.1) is 0 Å². The van der Waals surface area contributed by atoms with Crippen LogP contribution in [0.2, 0.25) is 0 Å². The van der Waals surface area contributed by atoms with Crippen LogP contribution in [-0.4, -0.2) is 23.7 Å². The van der Waals surface area contributed by atoms with Gasteiger partial charge in [-0.25, -0.2) is 0 Å². The van der Waals surface area contributed by atoms with Crippen molar-refractivity contribution in [2.45, 2.75) is 26.7 Å². The molecule has 0 saturated heterocycles. The Hall–Kier alpha value is -2.01. The summed E-state index contributed by atoms with van der Waals surface area (Å²) in [5.41, 5.74) is -0.770. The first-order valence-electron chi connectivity index (χ1n) is 4.66. The van der Waals surface area contributed by atoms with E-state index in [0.29, 0.717) is 0 Å². The SMILES string of the molecule is CC(C)(C#N)C#CCOC(=O)CCC(=O)O. The number of ether oxygens (including phenoxy) is 1. The Bertz CT molecular complexity index is 368. The Kier molecular flexibility index (Phi) is 5.66. The number of carboxylic acid groups (broad SMARTS) is 1. The first-order chi connectivity index (χ1) is 7.37. The molecular weight excluding hydrogens is 210 g/mol. The molecule has 0 aromatic rings. The van der Waals surface area contributed by atoms with Crippen molar-refractivity contribution in [2.24, 2.45) is 5.41 Å². The van der Waals surface area contributed by atoms with Gasteiger partial charge in [0.15, 0.2) is 6.61 Å². The van der Waals surface area contributed by atoms with Crippen LogP contribution in [-0.2, 0) is 14.3 Å². The number of hydrogen-bond donors (Lipinski definition) is 1. The maximum absolute atomic E-state index is 10.9. The summed E-state index contributed by atoms with van der Waals surface area (Å²) < 4.78 is 4.65. The molecule has 86 valence electrons. The Morgan fingerprint density at radius 3 is 2.50 bits per heavy atom. The minimum atomic E-state index is -1.05. The van der Waals surface area contributed by atoms with E-state index in [1.807, 2.05) is 6.07 Å². The summed E-state index contributed by atoms with van der Waals surface area (Å²) >= 11 is 0. The number of carbonyl (C=O) groups excluding carboxylic acids is 1. The largest absolute Gasteiger partial charge is 0.481 e. The topological polar surface area (TPSA) is 87.4 Å². The van der Waals surface area contributed by atoms with Crippen LogP contribution in [0.25, 0.3) is 0 Å². The van der Waals surface area contributed by atoms with E-state index in [-0.39, 0.29) is 19.4 Å². The molecule has 0 atom stereocenters. The second-order valence-corrected chi connectivity index (χ2v) is 3.59. The van der Waals surface area contributed by atoms with Crippen molar-refractivity contribution >= 4 is 11.9 Å². The summed E-state index contributed by atoms with van der Waals surface area (Å²) in [5, 5.41) is 16.9. The molecule has 0 fully saturated rings. The normalized spacial score (nSPS) is 9.56. The highest BCUT2D eigenvalue weighted by molar-refractivity contribution is 5.76. The molecule has 0 aliphatic rings. The zero-order chi connectivity index (χ0) is 12.6. The van der Waals surface area contributed by atoms with Crippen molar-refractivity contribution in [3.8, 4) is 17.9 Å². The number of hydrogen-bond acceptors (Lipinski definition) is 4. The average molecular weight is 223 g/mol. The Balaban J connectivity index is 3.87. The molecule has 5 nitrogen and oxygen atoms in total. The van der Waals surface area contributed by atoms with E-state index in [4.69, 9.17) is 10.4 Å². The molecule has 0 bridgehead atoms. The number of carboxylic acids is 1. The minimum absolute atomic E-state index is 0.121. The van der Waals surface area contributed by atoms with E-state index >= 15 is 0 Å². The van der Waals surface area contributed by atoms with Crippen LogP contribution in [0.4, 0.5) is 0 Å². The number of esters is 1. The maximum Gasteiger partial charge on any atom is 0.307 e. The molecule has 0 aliphatic heterocycles. The predicted molar refractivity (Wildman–Crippen MR) is 55.0 cm³/mol. The van der Waals surface area contributed by atoms with Gasteiger partial charge < -0.3 is 9.84 Å². The quantitative estimate of drug-likeness (QED) is 0.566. The number of nitrogens with zero attached hydrogens (tertiary/aromatic N) is 1. The van der Waals surface area contributed by atoms with Crippen LogP contribution < -0.4 is 0 Å². The van der Waals surface area contributed by atoms with Gasteiger partial charge >= 0.3 is 11.9 Å². The van der Waals surface area contributed by atoms with Crippen molar-refractivity contribution in [3.05, 3.63) is 0 Å². The smallest absolute Gasteiger partial charge is 0.307 e. The molecule has 0 saturated carbocycles. The lowest BCUT2D eigenvalue weighted by Crippen LogP contribution is -2.08. The maximum atomic E-state index is 10.9. The lowest BCUT2D eigenvalue weighted by Gasteiger charge is -2.03. The van der Waals surface area contributed by atoms with Crippen molar-refractivity contribution in [1.29, 1.82) is 5.26 Å². The number of carbonyl (C=O) groups is 2. The second-order valence-electron chi connectivity index (χ2n) is 3.59. The van der Waals surface area contributed by atoms with Gasteiger partial charge in [0, 0.05) is 0 Å². The molecule has 1 N–H and O–H groups in total. The zero-order valence-electron chi connectivity index (χ0n) is 9.24. The van der Waals surface area contributed by atoms with Gasteiger partial charge in [0.1, 0.15) is 5.41 Å². The highest BCUT2D eigenvalue weighted by Crippen LogP contribution is 2.09. The molecule has 5 heteroatoms. The highest BCUT2D eigenvalue weighted by atomic mass is 16.5. The fourth-order valence-electron chi connectivity index (χ4n) is 0.683. The third-order valence-electron chi connectivity index (χ3n) is 1.53. The third kappa shape index (κ3) is 7.40. The predicted octanol–water partition coefficient (Wildman–Crippen LogP) is 0.948. The summed E-state index contributed by atoms with van der Waals surface area (Å²) in [5.74, 6) is 3.50. The Labute approximate surface area is 94.0 Å². The van der Waals surface area contributed by atoms with Gasteiger partial charge in [-0.3, -0.25) is 9.59 Å². The fraction of sp³-hybridized carbons (Fsp3) is 0.545. The number of nitriles is 1. The lowest BCUT2D eigenvalue weighted by molar-refractivity contribution is -0.146. The Morgan fingerprint density at radius 1 is 1.38 bits per heavy atom. The number of rotatable bonds is 4. The standard InChI is InChI=1S/C11H13NO4/c1-11(2,8-12)6-3-7-16-10(15)5-4-9(13)14/h4-5,7H2,1-2H3,(H,13,14). The number of aliphatic carboxylic acids is 1. The van der Waals surface area contributed by atoms with Gasteiger partial charge in [0.25, 0.3) is 0 Å². The van der Waals surface area contributed by atoms with Crippen molar-refractivity contribution < 1.29 is 19.4 Å². The highest BCUT2D eigenvalue weighted by Gasteiger charge is 2.11. The van der Waals surface area contributed by atoms with Gasteiger partial charge in [-0.05, 0) is 13.8 Å². The van der Waals surface area contributed by atoms with E-state index in [1.165, 1.54) is 0 Å². The molecule has 16 heavy (non-hydrogen) atoms. The van der Waals surface area contributed by atoms with Crippen molar-refractivity contribution in [3.63, 3.8) is 0 Å². The van der Waals surface area contributed by atoms with Crippen LogP contribution >= 0.6 is 0 Å². The fourth-order valence-corrected chi connectivity index (χ4v) is 0.683. The summed E-state index contributed by atoms with van der Waals surface area (Å²) in [6, 6.07) is 1.98. The van der Waals surface area contributed by atoms with Crippen LogP contribution in [0.1, 0.15) is 26.7 Å². The monoisotopic (exact) mass is 223 g/mol. The molecule has 0 aliphatic carbocycles. The molecule has 0 spiro atoms. The minimum Gasteiger partial charge on any atom is -0.481 e. The van der Waals surface area contributed by atoms with Gasteiger partial charge in [0.05, 0.1) is 18.9 Å². The molecule has 0 aromatic heterocycles. The summed E-state index contributed by atoms with van der Waals surface area (Å²) in [6.45, 7) is 3.17. The molecule has 0 heterocycles. The van der Waals surface area contributed by atoms with E-state index in [9.17, 15) is 9.59 Å². The van der Waals surface area contributed by atoms with Crippen LogP contribution in [0.3, 0.4) is 0 Å². The molecule has 0 rings (SSSR count). The summed E-state index contributed by atoms with van der Waals surface area (Å²) in [7, 11) is 0. The van der Waals surface area contributed by atoms with Gasteiger partial charge in [-0.1, -0.05) is 11.8 Å². The van der Waals surface area contributed by atoms with Crippen LogP contribution in [0.15, 0.2) is 0 Å². The zero-order valence-corrected chi connectivity index (χ0v) is 9.24. The molecule has 0 aromatic carbocycles. The van der Waals surface area contributed by atoms with Crippen molar-refractivity contribution in [2.75, 3.05) is 6.61 Å². The molecule has 0 amide bonds. The van der Waals surface area contributed by atoms with Gasteiger partial charge in [-0.2, -0.15) is 5.26 Å². The molecule has 0 radical (unpaired) electrons. The van der Waals surface area contributed by atoms with Crippen LogP contribution in [0.5, 0.6) is 0 Å². The van der Waals surface area contributed by atoms with Crippen molar-refractivity contribution in [1.82, 2.24) is 0 Å². The van der Waals surface area contributed by atoms with E-state index < -0.39 is 17.4 Å². The summed E-state index contributed by atoms with van der Waals surface area (Å²) in [4.78, 5) is 21.1. The third-order valence-corrected chi connectivity index (χ3v) is 1.53. The average Bonchev–Trinajstić information content (AvgIpc) is 2.21. The van der Waals surface area contributed by atoms with E-state index in [2.05, 4.69) is 16.6 Å². The first-order valence-corrected chi connectivity index (χ1v) is 4.66. The lowest BCUT2D eigenvalue weighted by atomic mass is 9.97. The molecular formula is C11H13NO4. The van der Waals surface area contributed by atoms with E-state index in [1.54, 1.807) is 13.8 Å². The molecule has 0 unspecified atom stereocenters. The van der Waals surface area contributed by atoms with E-state index in [0.717, 1.165) is 0 Å². The second kappa shape index (κ2) is 6.47. The van der Waals surface area contributed by atoms with Gasteiger partial charge in [0.2, 0.25) is 0 Å². The summed E-state index contributed by atoms with van der Waals surface area (Å²) in [6.07, 6.45) is -0.422. The first kappa shape index (κ1) is 14.0. The van der Waals surface area contributed by atoms with Crippen LogP contribution in [0, 0.1) is 28.6 Å². The Morgan fingerprint density at radius 2 is 2.00 bits per heavy atom.